The zero-order valence-corrected chi connectivity index (χ0v) is 13.1. The molecule has 0 aromatic heterocycles. The molecule has 1 unspecified atom stereocenters. The van der Waals surface area contributed by atoms with Gasteiger partial charge in [0.25, 0.3) is 0 Å². The van der Waals surface area contributed by atoms with E-state index >= 15 is 0 Å². The fraction of sp³-hybridized carbons (Fsp3) is 0.250. The van der Waals surface area contributed by atoms with Gasteiger partial charge in [0.2, 0.25) is 0 Å². The van der Waals surface area contributed by atoms with E-state index in [-0.39, 0.29) is 11.9 Å². The molecule has 1 N–H and O–H groups in total. The van der Waals surface area contributed by atoms with Crippen LogP contribution in [-0.2, 0) is 6.54 Å². The summed E-state index contributed by atoms with van der Waals surface area (Å²) in [5.74, 6) is 0.640. The van der Waals surface area contributed by atoms with Crippen LogP contribution >= 0.6 is 15.9 Å². The van der Waals surface area contributed by atoms with Crippen molar-refractivity contribution in [3.05, 3.63) is 63.9 Å². The molecule has 2 rings (SSSR count). The summed E-state index contributed by atoms with van der Waals surface area (Å²) >= 11 is 3.36. The Morgan fingerprint density at radius 1 is 1.20 bits per heavy atom. The summed E-state index contributed by atoms with van der Waals surface area (Å²) < 4.78 is 19.7. The molecule has 0 radical (unpaired) electrons. The van der Waals surface area contributed by atoms with Gasteiger partial charge >= 0.3 is 0 Å². The minimum atomic E-state index is -0.192. The predicted octanol–water partition coefficient (Wildman–Crippen LogP) is 4.45. The molecule has 0 saturated heterocycles. The third kappa shape index (κ3) is 3.81. The predicted molar refractivity (Wildman–Crippen MR) is 82.3 cm³/mol. The van der Waals surface area contributed by atoms with Crippen LogP contribution in [0.3, 0.4) is 0 Å². The second-order valence-corrected chi connectivity index (χ2v) is 5.53. The lowest BCUT2D eigenvalue weighted by Crippen LogP contribution is -2.18. The van der Waals surface area contributed by atoms with Gasteiger partial charge in [0.1, 0.15) is 11.6 Å². The van der Waals surface area contributed by atoms with Crippen molar-refractivity contribution < 1.29 is 9.13 Å². The lowest BCUT2D eigenvalue weighted by Gasteiger charge is -2.15. The van der Waals surface area contributed by atoms with Crippen molar-refractivity contribution in [1.82, 2.24) is 5.32 Å². The number of hydrogen-bond donors (Lipinski definition) is 1. The largest absolute Gasteiger partial charge is 0.497 e. The molecule has 0 fully saturated rings. The van der Waals surface area contributed by atoms with E-state index in [0.717, 1.165) is 15.8 Å². The van der Waals surface area contributed by atoms with Crippen LogP contribution in [0.15, 0.2) is 46.9 Å². The van der Waals surface area contributed by atoms with Gasteiger partial charge in [-0.15, -0.1) is 0 Å². The van der Waals surface area contributed by atoms with E-state index in [1.54, 1.807) is 19.2 Å². The van der Waals surface area contributed by atoms with Crippen LogP contribution in [0.4, 0.5) is 4.39 Å². The SMILES string of the molecule is COc1ccc(C(C)NCc2cc(Br)ccc2F)cc1. The van der Waals surface area contributed by atoms with Crippen LogP contribution in [0.25, 0.3) is 0 Å². The summed E-state index contributed by atoms with van der Waals surface area (Å²) in [4.78, 5) is 0. The number of rotatable bonds is 5. The average Bonchev–Trinajstić information content (AvgIpc) is 2.48. The first kappa shape index (κ1) is 15.0. The number of methoxy groups -OCH3 is 1. The monoisotopic (exact) mass is 337 g/mol. The lowest BCUT2D eigenvalue weighted by atomic mass is 10.1. The maximum Gasteiger partial charge on any atom is 0.127 e. The molecule has 0 aliphatic rings. The van der Waals surface area contributed by atoms with Gasteiger partial charge in [-0.05, 0) is 42.8 Å². The molecule has 0 aliphatic carbocycles. The summed E-state index contributed by atoms with van der Waals surface area (Å²) in [6, 6.07) is 13.0. The minimum absolute atomic E-state index is 0.138. The van der Waals surface area contributed by atoms with Crippen molar-refractivity contribution in [2.45, 2.75) is 19.5 Å². The molecular weight excluding hydrogens is 321 g/mol. The first-order valence-corrected chi connectivity index (χ1v) is 7.20. The number of ether oxygens (including phenoxy) is 1. The van der Waals surface area contributed by atoms with Crippen LogP contribution in [0.5, 0.6) is 5.75 Å². The molecule has 106 valence electrons. The highest BCUT2D eigenvalue weighted by Gasteiger charge is 2.07. The van der Waals surface area contributed by atoms with E-state index in [0.29, 0.717) is 12.1 Å². The molecule has 20 heavy (non-hydrogen) atoms. The third-order valence-corrected chi connectivity index (χ3v) is 3.72. The van der Waals surface area contributed by atoms with Crippen LogP contribution in [-0.4, -0.2) is 7.11 Å². The van der Waals surface area contributed by atoms with Gasteiger partial charge in [-0.1, -0.05) is 28.1 Å². The highest BCUT2D eigenvalue weighted by atomic mass is 79.9. The van der Waals surface area contributed by atoms with E-state index in [1.807, 2.05) is 24.3 Å². The maximum atomic E-state index is 13.6. The number of hydrogen-bond acceptors (Lipinski definition) is 2. The zero-order valence-electron chi connectivity index (χ0n) is 11.5. The molecule has 4 heteroatoms. The summed E-state index contributed by atoms with van der Waals surface area (Å²) in [6.45, 7) is 2.54. The van der Waals surface area contributed by atoms with Crippen molar-refractivity contribution in [3.8, 4) is 5.75 Å². The van der Waals surface area contributed by atoms with E-state index < -0.39 is 0 Å². The summed E-state index contributed by atoms with van der Waals surface area (Å²) in [5.41, 5.74) is 1.79. The highest BCUT2D eigenvalue weighted by molar-refractivity contribution is 9.10. The topological polar surface area (TPSA) is 21.3 Å². The van der Waals surface area contributed by atoms with Gasteiger partial charge in [-0.3, -0.25) is 0 Å². The maximum absolute atomic E-state index is 13.6. The Morgan fingerprint density at radius 2 is 1.90 bits per heavy atom. The van der Waals surface area contributed by atoms with Crippen molar-refractivity contribution in [1.29, 1.82) is 0 Å². The molecule has 2 nitrogen and oxygen atoms in total. The van der Waals surface area contributed by atoms with E-state index in [4.69, 9.17) is 4.74 Å². The average molecular weight is 338 g/mol. The van der Waals surface area contributed by atoms with Crippen molar-refractivity contribution >= 4 is 15.9 Å². The smallest absolute Gasteiger partial charge is 0.127 e. The quantitative estimate of drug-likeness (QED) is 0.870. The zero-order chi connectivity index (χ0) is 14.5. The van der Waals surface area contributed by atoms with E-state index in [2.05, 4.69) is 28.2 Å². The van der Waals surface area contributed by atoms with Crippen LogP contribution in [0, 0.1) is 5.82 Å². The Bertz CT molecular complexity index is 571. The van der Waals surface area contributed by atoms with Crippen LogP contribution in [0.2, 0.25) is 0 Å². The van der Waals surface area contributed by atoms with Gasteiger partial charge in [0.05, 0.1) is 7.11 Å². The van der Waals surface area contributed by atoms with Gasteiger partial charge in [0.15, 0.2) is 0 Å². The first-order valence-electron chi connectivity index (χ1n) is 6.41. The van der Waals surface area contributed by atoms with E-state index in [1.165, 1.54) is 6.07 Å². The third-order valence-electron chi connectivity index (χ3n) is 3.22. The van der Waals surface area contributed by atoms with Crippen molar-refractivity contribution in [2.24, 2.45) is 0 Å². The molecule has 0 saturated carbocycles. The fourth-order valence-electron chi connectivity index (χ4n) is 1.95. The molecule has 0 bridgehead atoms. The Balaban J connectivity index is 2.00. The number of halogens is 2. The van der Waals surface area contributed by atoms with Gasteiger partial charge in [-0.2, -0.15) is 0 Å². The molecule has 0 heterocycles. The Hall–Kier alpha value is -1.39. The van der Waals surface area contributed by atoms with Gasteiger partial charge in [0, 0.05) is 22.6 Å². The second-order valence-electron chi connectivity index (χ2n) is 4.61. The molecule has 2 aromatic rings. The van der Waals surface area contributed by atoms with Crippen molar-refractivity contribution in [2.75, 3.05) is 7.11 Å². The van der Waals surface area contributed by atoms with Crippen molar-refractivity contribution in [3.63, 3.8) is 0 Å². The Labute approximate surface area is 127 Å². The summed E-state index contributed by atoms with van der Waals surface area (Å²) in [7, 11) is 1.65. The second kappa shape index (κ2) is 6.86. The summed E-state index contributed by atoms with van der Waals surface area (Å²) in [6.07, 6.45) is 0. The number of benzene rings is 2. The first-order chi connectivity index (χ1) is 9.60. The molecule has 2 aromatic carbocycles. The fourth-order valence-corrected chi connectivity index (χ4v) is 2.36. The van der Waals surface area contributed by atoms with Crippen LogP contribution in [0.1, 0.15) is 24.1 Å². The van der Waals surface area contributed by atoms with Gasteiger partial charge < -0.3 is 10.1 Å². The minimum Gasteiger partial charge on any atom is -0.497 e. The molecule has 0 spiro atoms. The summed E-state index contributed by atoms with van der Waals surface area (Å²) in [5, 5.41) is 3.32. The van der Waals surface area contributed by atoms with Gasteiger partial charge in [-0.25, -0.2) is 4.39 Å². The number of nitrogens with one attached hydrogen (secondary N) is 1. The molecule has 0 aliphatic heterocycles. The normalized spacial score (nSPS) is 12.2. The highest BCUT2D eigenvalue weighted by Crippen LogP contribution is 2.19. The van der Waals surface area contributed by atoms with Crippen LogP contribution < -0.4 is 10.1 Å². The lowest BCUT2D eigenvalue weighted by molar-refractivity contribution is 0.414. The Morgan fingerprint density at radius 3 is 2.55 bits per heavy atom. The Kier molecular flexibility index (Phi) is 5.15. The standard InChI is InChI=1S/C16H17BrFNO/c1-11(12-3-6-15(20-2)7-4-12)19-10-13-9-14(17)5-8-16(13)18/h3-9,11,19H,10H2,1-2H3. The van der Waals surface area contributed by atoms with E-state index in [9.17, 15) is 4.39 Å². The molecule has 0 amide bonds. The molecular formula is C16H17BrFNO. The molecule has 1 atom stereocenters.